The number of carbonyl (C=O) groups excluding carboxylic acids is 1. The van der Waals surface area contributed by atoms with E-state index in [2.05, 4.69) is 5.32 Å². The van der Waals surface area contributed by atoms with Gasteiger partial charge in [0.15, 0.2) is 0 Å². The molecule has 1 aliphatic rings. The van der Waals surface area contributed by atoms with Gasteiger partial charge >= 0.3 is 5.63 Å². The van der Waals surface area contributed by atoms with Crippen molar-refractivity contribution >= 4 is 22.6 Å². The second-order valence-corrected chi connectivity index (χ2v) is 7.86. The molecule has 1 aliphatic carbocycles. The number of anilines is 1. The first-order valence-electron chi connectivity index (χ1n) is 10.3. The second kappa shape index (κ2) is 7.95. The molecule has 1 amide bonds. The van der Waals surface area contributed by atoms with Crippen molar-refractivity contribution in [2.24, 2.45) is 5.73 Å². The van der Waals surface area contributed by atoms with Crippen LogP contribution >= 0.6 is 0 Å². The lowest BCUT2D eigenvalue weighted by Crippen LogP contribution is -2.32. The number of rotatable bonds is 5. The monoisotopic (exact) mass is 406 g/mol. The average molecular weight is 406 g/mol. The van der Waals surface area contributed by atoms with Gasteiger partial charge in [0.1, 0.15) is 16.9 Å². The minimum Gasteiger partial charge on any atom is -0.496 e. The van der Waals surface area contributed by atoms with Crippen LogP contribution in [-0.2, 0) is 12.0 Å². The lowest BCUT2D eigenvalue weighted by Gasteiger charge is -2.24. The van der Waals surface area contributed by atoms with Crippen LogP contribution in [0.2, 0.25) is 0 Å². The van der Waals surface area contributed by atoms with E-state index in [4.69, 9.17) is 14.9 Å². The summed E-state index contributed by atoms with van der Waals surface area (Å²) in [6, 6.07) is 12.7. The van der Waals surface area contributed by atoms with Gasteiger partial charge in [0, 0.05) is 22.2 Å². The molecule has 6 nitrogen and oxygen atoms in total. The van der Waals surface area contributed by atoms with Gasteiger partial charge in [-0.1, -0.05) is 31.9 Å². The Labute approximate surface area is 175 Å². The van der Waals surface area contributed by atoms with Crippen molar-refractivity contribution in [3.63, 3.8) is 0 Å². The van der Waals surface area contributed by atoms with Crippen LogP contribution in [0.4, 0.5) is 5.69 Å². The number of methoxy groups -OCH3 is 1. The quantitative estimate of drug-likeness (QED) is 0.615. The fourth-order valence-corrected chi connectivity index (χ4v) is 4.29. The summed E-state index contributed by atoms with van der Waals surface area (Å²) in [5.74, 6) is 0.154. The minimum atomic E-state index is -0.675. The van der Waals surface area contributed by atoms with Crippen LogP contribution in [-0.4, -0.2) is 13.0 Å². The number of benzene rings is 2. The van der Waals surface area contributed by atoms with Crippen LogP contribution in [0.5, 0.6) is 5.75 Å². The molecule has 1 heterocycles. The van der Waals surface area contributed by atoms with E-state index in [1.54, 1.807) is 19.2 Å². The summed E-state index contributed by atoms with van der Waals surface area (Å²) in [6.07, 6.45) is 4.86. The molecular formula is C24H26N2O4. The molecule has 1 saturated carbocycles. The Morgan fingerprint density at radius 1 is 1.17 bits per heavy atom. The largest absolute Gasteiger partial charge is 0.496 e. The van der Waals surface area contributed by atoms with Gasteiger partial charge in [-0.15, -0.1) is 0 Å². The molecule has 0 atom stereocenters. The third-order valence-corrected chi connectivity index (χ3v) is 5.99. The van der Waals surface area contributed by atoms with E-state index >= 15 is 0 Å². The Morgan fingerprint density at radius 2 is 1.87 bits per heavy atom. The van der Waals surface area contributed by atoms with E-state index in [9.17, 15) is 9.59 Å². The Hall–Kier alpha value is -3.12. The smallest absolute Gasteiger partial charge is 0.349 e. The summed E-state index contributed by atoms with van der Waals surface area (Å²) < 4.78 is 10.8. The zero-order chi connectivity index (χ0) is 21.3. The molecule has 1 aromatic heterocycles. The van der Waals surface area contributed by atoms with Crippen molar-refractivity contribution in [2.45, 2.75) is 44.6 Å². The molecule has 2 aromatic carbocycles. The van der Waals surface area contributed by atoms with Gasteiger partial charge < -0.3 is 20.2 Å². The van der Waals surface area contributed by atoms with Crippen LogP contribution < -0.4 is 21.4 Å². The number of nitrogens with two attached hydrogens (primary N) is 1. The van der Waals surface area contributed by atoms with Crippen molar-refractivity contribution in [1.29, 1.82) is 0 Å². The van der Waals surface area contributed by atoms with Crippen molar-refractivity contribution in [2.75, 3.05) is 12.4 Å². The fourth-order valence-electron chi connectivity index (χ4n) is 4.29. The van der Waals surface area contributed by atoms with Crippen LogP contribution in [0, 0.1) is 0 Å². The number of nitrogens with one attached hydrogen (secondary N) is 1. The molecule has 1 fully saturated rings. The lowest BCUT2D eigenvalue weighted by atomic mass is 9.89. The summed E-state index contributed by atoms with van der Waals surface area (Å²) in [6.45, 7) is 1.96. The Bertz CT molecular complexity index is 1140. The van der Waals surface area contributed by atoms with E-state index in [0.29, 0.717) is 28.8 Å². The van der Waals surface area contributed by atoms with Crippen LogP contribution in [0.15, 0.2) is 51.7 Å². The van der Waals surface area contributed by atoms with Crippen LogP contribution in [0.25, 0.3) is 11.0 Å². The standard InChI is InChI=1S/C24H26N2O4/c1-3-18-20(29-2)11-6-15-14-19(23(28)30-21(15)18)22(27)26-17-9-7-16(8-10-17)24(25)12-4-5-13-24/h6-11,14H,3-5,12-13,25H2,1-2H3,(H,26,27). The zero-order valence-corrected chi connectivity index (χ0v) is 17.3. The van der Waals surface area contributed by atoms with E-state index in [1.165, 1.54) is 0 Å². The van der Waals surface area contributed by atoms with E-state index in [0.717, 1.165) is 36.8 Å². The van der Waals surface area contributed by atoms with E-state index in [-0.39, 0.29) is 11.1 Å². The van der Waals surface area contributed by atoms with Crippen LogP contribution in [0.3, 0.4) is 0 Å². The molecule has 6 heteroatoms. The van der Waals surface area contributed by atoms with Crippen molar-refractivity contribution in [3.05, 3.63) is 69.6 Å². The highest BCUT2D eigenvalue weighted by molar-refractivity contribution is 6.05. The second-order valence-electron chi connectivity index (χ2n) is 7.86. The number of fused-ring (bicyclic) bond motifs is 1. The van der Waals surface area contributed by atoms with Gasteiger partial charge in [0.2, 0.25) is 0 Å². The SMILES string of the molecule is CCc1c(OC)ccc2cc(C(=O)Nc3ccc(C4(N)CCCC4)cc3)c(=O)oc12. The third-order valence-electron chi connectivity index (χ3n) is 5.99. The molecule has 0 unspecified atom stereocenters. The normalized spacial score (nSPS) is 15.3. The first-order chi connectivity index (χ1) is 14.4. The molecular weight excluding hydrogens is 380 g/mol. The Kier molecular flexibility index (Phi) is 5.35. The topological polar surface area (TPSA) is 94.6 Å². The zero-order valence-electron chi connectivity index (χ0n) is 17.3. The third kappa shape index (κ3) is 3.59. The molecule has 0 bridgehead atoms. The maximum Gasteiger partial charge on any atom is 0.349 e. The van der Waals surface area contributed by atoms with Gasteiger partial charge in [-0.25, -0.2) is 4.79 Å². The summed E-state index contributed by atoms with van der Waals surface area (Å²) in [5.41, 5.74) is 8.43. The van der Waals surface area contributed by atoms with E-state index < -0.39 is 11.5 Å². The summed E-state index contributed by atoms with van der Waals surface area (Å²) in [7, 11) is 1.57. The molecule has 0 saturated heterocycles. The van der Waals surface area contributed by atoms with Crippen LogP contribution in [0.1, 0.15) is 54.1 Å². The lowest BCUT2D eigenvalue weighted by molar-refractivity contribution is 0.102. The molecule has 156 valence electrons. The summed E-state index contributed by atoms with van der Waals surface area (Å²) in [4.78, 5) is 25.3. The number of hydrogen-bond donors (Lipinski definition) is 2. The van der Waals surface area contributed by atoms with Crippen molar-refractivity contribution in [1.82, 2.24) is 0 Å². The number of carbonyl (C=O) groups is 1. The molecule has 3 N–H and O–H groups in total. The average Bonchev–Trinajstić information content (AvgIpc) is 3.20. The first-order valence-corrected chi connectivity index (χ1v) is 10.3. The molecule has 0 spiro atoms. The molecule has 3 aromatic rings. The van der Waals surface area contributed by atoms with E-state index in [1.807, 2.05) is 37.3 Å². The van der Waals surface area contributed by atoms with Gasteiger partial charge in [0.25, 0.3) is 5.91 Å². The predicted molar refractivity (Wildman–Crippen MR) is 117 cm³/mol. The maximum absolute atomic E-state index is 12.7. The summed E-state index contributed by atoms with van der Waals surface area (Å²) in [5, 5.41) is 3.46. The van der Waals surface area contributed by atoms with Gasteiger partial charge in [0.05, 0.1) is 7.11 Å². The molecule has 30 heavy (non-hydrogen) atoms. The first kappa shape index (κ1) is 20.2. The highest BCUT2D eigenvalue weighted by Crippen LogP contribution is 2.36. The minimum absolute atomic E-state index is 0.0371. The number of hydrogen-bond acceptors (Lipinski definition) is 5. The highest BCUT2D eigenvalue weighted by Gasteiger charge is 2.31. The predicted octanol–water partition coefficient (Wildman–Crippen LogP) is 4.34. The molecule has 0 radical (unpaired) electrons. The fraction of sp³-hybridized carbons (Fsp3) is 0.333. The van der Waals surface area contributed by atoms with Gasteiger partial charge in [-0.05, 0) is 55.2 Å². The number of amides is 1. The summed E-state index contributed by atoms with van der Waals surface area (Å²) >= 11 is 0. The number of ether oxygens (including phenoxy) is 1. The number of aryl methyl sites for hydroxylation is 1. The maximum atomic E-state index is 12.7. The Balaban J connectivity index is 1.60. The molecule has 4 rings (SSSR count). The Morgan fingerprint density at radius 3 is 2.50 bits per heavy atom. The van der Waals surface area contributed by atoms with Gasteiger partial charge in [-0.2, -0.15) is 0 Å². The van der Waals surface area contributed by atoms with Crippen molar-refractivity contribution < 1.29 is 13.9 Å². The van der Waals surface area contributed by atoms with Gasteiger partial charge in [-0.3, -0.25) is 4.79 Å². The van der Waals surface area contributed by atoms with Crippen molar-refractivity contribution in [3.8, 4) is 5.75 Å². The highest BCUT2D eigenvalue weighted by atomic mass is 16.5. The molecule has 0 aliphatic heterocycles.